The lowest BCUT2D eigenvalue weighted by atomic mass is 10.0. The number of hydrogen-bond acceptors (Lipinski definition) is 3. The maximum Gasteiger partial charge on any atom is 0.168 e. The van der Waals surface area contributed by atoms with Gasteiger partial charge in [0.1, 0.15) is 17.3 Å². The molecule has 0 aliphatic rings. The number of benzene rings is 2. The van der Waals surface area contributed by atoms with Gasteiger partial charge >= 0.3 is 0 Å². The highest BCUT2D eigenvalue weighted by molar-refractivity contribution is 5.74. The van der Waals surface area contributed by atoms with Crippen LogP contribution in [0.15, 0.2) is 67.0 Å². The predicted octanol–water partition coefficient (Wildman–Crippen LogP) is 5.43. The van der Waals surface area contributed by atoms with Crippen LogP contribution in [-0.4, -0.2) is 15.2 Å². The highest BCUT2D eigenvalue weighted by atomic mass is 19.2. The van der Waals surface area contributed by atoms with Crippen LogP contribution in [0.3, 0.4) is 0 Å². The van der Waals surface area contributed by atoms with Gasteiger partial charge in [-0.2, -0.15) is 10.2 Å². The molecule has 0 saturated carbocycles. The second-order valence-electron chi connectivity index (χ2n) is 5.96. The average Bonchev–Trinajstić information content (AvgIpc) is 2.71. The summed E-state index contributed by atoms with van der Waals surface area (Å²) < 4.78 is 55.9. The summed E-state index contributed by atoms with van der Waals surface area (Å²) in [5.74, 6) is -3.34. The van der Waals surface area contributed by atoms with E-state index in [1.54, 1.807) is 0 Å². The number of nitrogens with zero attached hydrogens (tertiary/aromatic N) is 3. The molecular formula is C21H11F4N3. The van der Waals surface area contributed by atoms with Crippen molar-refractivity contribution in [3.8, 4) is 33.6 Å². The van der Waals surface area contributed by atoms with E-state index >= 15 is 0 Å². The molecule has 28 heavy (non-hydrogen) atoms. The Morgan fingerprint density at radius 1 is 0.679 bits per heavy atom. The van der Waals surface area contributed by atoms with Crippen LogP contribution in [0.5, 0.6) is 0 Å². The summed E-state index contributed by atoms with van der Waals surface area (Å²) in [6, 6.07) is 11.9. The van der Waals surface area contributed by atoms with Gasteiger partial charge in [0.05, 0.1) is 11.9 Å². The molecular weight excluding hydrogens is 370 g/mol. The molecule has 3 nitrogen and oxygen atoms in total. The van der Waals surface area contributed by atoms with Crippen LogP contribution >= 0.6 is 0 Å². The Morgan fingerprint density at radius 3 is 2.32 bits per heavy atom. The first-order valence-electron chi connectivity index (χ1n) is 8.22. The van der Waals surface area contributed by atoms with Gasteiger partial charge in [-0.1, -0.05) is 12.1 Å². The van der Waals surface area contributed by atoms with Crippen LogP contribution < -0.4 is 0 Å². The maximum atomic E-state index is 14.3. The van der Waals surface area contributed by atoms with Crippen molar-refractivity contribution in [1.29, 1.82) is 0 Å². The minimum absolute atomic E-state index is 0.0223. The molecule has 0 radical (unpaired) electrons. The van der Waals surface area contributed by atoms with Gasteiger partial charge in [-0.3, -0.25) is 4.98 Å². The number of pyridine rings is 1. The first-order valence-corrected chi connectivity index (χ1v) is 8.22. The van der Waals surface area contributed by atoms with Crippen molar-refractivity contribution >= 4 is 0 Å². The second kappa shape index (κ2) is 7.19. The minimum Gasteiger partial charge on any atom is -0.253 e. The lowest BCUT2D eigenvalue weighted by Crippen LogP contribution is -1.95. The molecule has 2 aromatic carbocycles. The molecule has 0 aliphatic heterocycles. The maximum absolute atomic E-state index is 14.3. The van der Waals surface area contributed by atoms with Gasteiger partial charge in [0.15, 0.2) is 11.6 Å². The molecule has 0 fully saturated rings. The topological polar surface area (TPSA) is 38.7 Å². The fourth-order valence-corrected chi connectivity index (χ4v) is 2.83. The second-order valence-corrected chi connectivity index (χ2v) is 5.96. The van der Waals surface area contributed by atoms with Crippen LogP contribution in [0.4, 0.5) is 17.6 Å². The van der Waals surface area contributed by atoms with E-state index in [1.165, 1.54) is 60.9 Å². The zero-order valence-corrected chi connectivity index (χ0v) is 14.2. The van der Waals surface area contributed by atoms with Crippen LogP contribution in [-0.2, 0) is 0 Å². The summed E-state index contributed by atoms with van der Waals surface area (Å²) in [5, 5.41) is 7.67. The zero-order valence-electron chi connectivity index (χ0n) is 14.2. The highest BCUT2D eigenvalue weighted by Crippen LogP contribution is 2.31. The fraction of sp³-hybridized carbons (Fsp3) is 0. The van der Waals surface area contributed by atoms with Gasteiger partial charge in [0.2, 0.25) is 0 Å². The Labute approximate surface area is 157 Å². The van der Waals surface area contributed by atoms with Gasteiger partial charge in [0, 0.05) is 22.9 Å². The van der Waals surface area contributed by atoms with Crippen LogP contribution in [0, 0.1) is 23.3 Å². The number of rotatable bonds is 3. The molecule has 138 valence electrons. The fourth-order valence-electron chi connectivity index (χ4n) is 2.83. The summed E-state index contributed by atoms with van der Waals surface area (Å²) in [5.41, 5.74) is 0.892. The quantitative estimate of drug-likeness (QED) is 0.444. The molecule has 4 rings (SSSR count). The molecule has 0 amide bonds. The lowest BCUT2D eigenvalue weighted by molar-refractivity contribution is 0.511. The van der Waals surface area contributed by atoms with Gasteiger partial charge in [-0.25, -0.2) is 17.6 Å². The smallest absolute Gasteiger partial charge is 0.168 e. The van der Waals surface area contributed by atoms with Gasteiger partial charge in [-0.15, -0.1) is 0 Å². The third-order valence-electron chi connectivity index (χ3n) is 4.20. The van der Waals surface area contributed by atoms with E-state index in [1.807, 2.05) is 0 Å². The van der Waals surface area contributed by atoms with Gasteiger partial charge in [-0.05, 0) is 48.0 Å². The molecule has 4 aromatic rings. The number of hydrogen-bond donors (Lipinski definition) is 0. The Balaban J connectivity index is 1.82. The van der Waals surface area contributed by atoms with E-state index in [0.717, 1.165) is 6.07 Å². The van der Waals surface area contributed by atoms with Crippen molar-refractivity contribution in [3.05, 3.63) is 90.3 Å². The van der Waals surface area contributed by atoms with E-state index in [9.17, 15) is 17.6 Å². The van der Waals surface area contributed by atoms with Crippen molar-refractivity contribution in [1.82, 2.24) is 15.2 Å². The van der Waals surface area contributed by atoms with Gasteiger partial charge in [0.25, 0.3) is 0 Å². The molecule has 0 bridgehead atoms. The molecule has 0 spiro atoms. The Bertz CT molecular complexity index is 1180. The molecule has 0 atom stereocenters. The van der Waals surface area contributed by atoms with Crippen molar-refractivity contribution in [2.45, 2.75) is 0 Å². The summed E-state index contributed by atoms with van der Waals surface area (Å²) >= 11 is 0. The van der Waals surface area contributed by atoms with E-state index in [4.69, 9.17) is 0 Å². The molecule has 7 heteroatoms. The SMILES string of the molecule is Fc1ccc(-c2cnnc(-c3cccc(F)c3F)c2)cc1-c1ncccc1F. The lowest BCUT2D eigenvalue weighted by Gasteiger charge is -2.09. The molecule has 0 aliphatic carbocycles. The van der Waals surface area contributed by atoms with E-state index in [0.29, 0.717) is 11.1 Å². The first-order chi connectivity index (χ1) is 13.5. The molecule has 2 aromatic heterocycles. The van der Waals surface area contributed by atoms with Crippen molar-refractivity contribution in [2.24, 2.45) is 0 Å². The Kier molecular flexibility index (Phi) is 4.57. The van der Waals surface area contributed by atoms with E-state index < -0.39 is 23.3 Å². The monoisotopic (exact) mass is 381 g/mol. The first kappa shape index (κ1) is 17.8. The summed E-state index contributed by atoms with van der Waals surface area (Å²) in [7, 11) is 0. The Morgan fingerprint density at radius 2 is 1.50 bits per heavy atom. The molecule has 2 heterocycles. The normalized spacial score (nSPS) is 10.9. The standard InChI is InChI=1S/C21H11F4N3/c22-16-7-6-12(9-15(16)21-18(24)5-2-8-26-21)13-10-19(28-27-11-13)14-3-1-4-17(23)20(14)25/h1-11H. The van der Waals surface area contributed by atoms with Gasteiger partial charge < -0.3 is 0 Å². The van der Waals surface area contributed by atoms with Crippen LogP contribution in [0.25, 0.3) is 33.6 Å². The molecule has 0 unspecified atom stereocenters. The Hall–Kier alpha value is -3.61. The zero-order chi connectivity index (χ0) is 19.7. The minimum atomic E-state index is -1.04. The predicted molar refractivity (Wildman–Crippen MR) is 96.0 cm³/mol. The van der Waals surface area contributed by atoms with Crippen LogP contribution in [0.2, 0.25) is 0 Å². The summed E-state index contributed by atoms with van der Waals surface area (Å²) in [6.45, 7) is 0. The largest absolute Gasteiger partial charge is 0.253 e. The van der Waals surface area contributed by atoms with Crippen molar-refractivity contribution in [2.75, 3.05) is 0 Å². The van der Waals surface area contributed by atoms with E-state index in [-0.39, 0.29) is 22.5 Å². The summed E-state index contributed by atoms with van der Waals surface area (Å²) in [4.78, 5) is 3.90. The van der Waals surface area contributed by atoms with Crippen LogP contribution in [0.1, 0.15) is 0 Å². The number of aromatic nitrogens is 3. The third-order valence-corrected chi connectivity index (χ3v) is 4.20. The highest BCUT2D eigenvalue weighted by Gasteiger charge is 2.15. The van der Waals surface area contributed by atoms with Crippen molar-refractivity contribution in [3.63, 3.8) is 0 Å². The molecule has 0 saturated heterocycles. The summed E-state index contributed by atoms with van der Waals surface area (Å²) in [6.07, 6.45) is 2.76. The van der Waals surface area contributed by atoms with Crippen molar-refractivity contribution < 1.29 is 17.6 Å². The van der Waals surface area contributed by atoms with E-state index in [2.05, 4.69) is 15.2 Å². The average molecular weight is 381 g/mol. The molecule has 0 N–H and O–H groups in total. The third kappa shape index (κ3) is 3.22. The number of halogens is 4.